The largest absolute Gasteiger partial charge is 0.365 e. The average Bonchev–Trinajstić information content (AvgIpc) is 3.12. The van der Waals surface area contributed by atoms with Crippen molar-refractivity contribution in [3.63, 3.8) is 0 Å². The first-order valence-electron chi connectivity index (χ1n) is 10.6. The number of aromatic nitrogens is 4. The standard InChI is InChI=1S/C21H25Cl2N7O2/c22-16-10-28-19-15(16)7-13(9-27-19)8-26-18(31)12-30-17(23)11-29-20(21(30)32)25-6-2-5-24-14-3-1-4-14/h7,9-11,14,24H,1-6,8,12H2,(H,25,29)(H,26,31)(H,27,28). The summed E-state index contributed by atoms with van der Waals surface area (Å²) in [6.45, 7) is 1.53. The highest BCUT2D eigenvalue weighted by molar-refractivity contribution is 6.35. The second-order valence-corrected chi connectivity index (χ2v) is 8.63. The van der Waals surface area contributed by atoms with Crippen molar-refractivity contribution in [3.05, 3.63) is 50.7 Å². The third-order valence-electron chi connectivity index (χ3n) is 5.52. The fraction of sp³-hybridized carbons (Fsp3) is 0.429. The quantitative estimate of drug-likeness (QED) is 0.333. The summed E-state index contributed by atoms with van der Waals surface area (Å²) in [5.41, 5.74) is 1.04. The van der Waals surface area contributed by atoms with Gasteiger partial charge in [0.1, 0.15) is 17.3 Å². The summed E-state index contributed by atoms with van der Waals surface area (Å²) < 4.78 is 1.20. The number of nitrogens with one attached hydrogen (secondary N) is 4. The number of carbonyl (C=O) groups excluding carboxylic acids is 1. The average molecular weight is 478 g/mol. The van der Waals surface area contributed by atoms with Crippen LogP contribution in [0.4, 0.5) is 5.82 Å². The second-order valence-electron chi connectivity index (χ2n) is 7.84. The number of halogens is 2. The molecule has 3 aromatic heterocycles. The molecule has 3 heterocycles. The Morgan fingerprint density at radius 1 is 1.22 bits per heavy atom. The van der Waals surface area contributed by atoms with E-state index < -0.39 is 5.56 Å². The predicted octanol–water partition coefficient (Wildman–Crippen LogP) is 2.69. The molecule has 0 unspecified atom stereocenters. The van der Waals surface area contributed by atoms with Gasteiger partial charge in [0.2, 0.25) is 5.91 Å². The van der Waals surface area contributed by atoms with Crippen LogP contribution in [0, 0.1) is 0 Å². The second kappa shape index (κ2) is 10.3. The molecule has 0 saturated heterocycles. The van der Waals surface area contributed by atoms with Crippen LogP contribution < -0.4 is 21.5 Å². The van der Waals surface area contributed by atoms with Crippen LogP contribution in [-0.4, -0.2) is 44.6 Å². The number of H-pyrrole nitrogens is 1. The van der Waals surface area contributed by atoms with Crippen molar-refractivity contribution >= 4 is 46.0 Å². The minimum Gasteiger partial charge on any atom is -0.365 e. The molecule has 1 fully saturated rings. The normalized spacial score (nSPS) is 13.8. The zero-order valence-electron chi connectivity index (χ0n) is 17.5. The van der Waals surface area contributed by atoms with Crippen LogP contribution in [0.1, 0.15) is 31.2 Å². The smallest absolute Gasteiger partial charge is 0.294 e. The third kappa shape index (κ3) is 5.40. The Labute approximate surface area is 194 Å². The van der Waals surface area contributed by atoms with Crippen LogP contribution >= 0.6 is 23.2 Å². The Bertz CT molecular complexity index is 1160. The van der Waals surface area contributed by atoms with Crippen LogP contribution in [0.15, 0.2) is 29.5 Å². The van der Waals surface area contributed by atoms with Crippen molar-refractivity contribution in [1.29, 1.82) is 0 Å². The van der Waals surface area contributed by atoms with Gasteiger partial charge < -0.3 is 20.9 Å². The lowest BCUT2D eigenvalue weighted by atomic mass is 9.93. The summed E-state index contributed by atoms with van der Waals surface area (Å²) in [5.74, 6) is -0.168. The van der Waals surface area contributed by atoms with Gasteiger partial charge in [-0.1, -0.05) is 29.6 Å². The van der Waals surface area contributed by atoms with Gasteiger partial charge >= 0.3 is 0 Å². The summed E-state index contributed by atoms with van der Waals surface area (Å²) in [6, 6.07) is 2.49. The van der Waals surface area contributed by atoms with E-state index in [1.54, 1.807) is 12.4 Å². The fourth-order valence-corrected chi connectivity index (χ4v) is 3.85. The van der Waals surface area contributed by atoms with E-state index in [0.29, 0.717) is 23.3 Å². The molecule has 0 aromatic carbocycles. The van der Waals surface area contributed by atoms with Gasteiger partial charge in [-0.2, -0.15) is 0 Å². The molecule has 3 aromatic rings. The van der Waals surface area contributed by atoms with Gasteiger partial charge in [-0.25, -0.2) is 9.97 Å². The van der Waals surface area contributed by atoms with E-state index in [2.05, 4.69) is 30.9 Å². The van der Waals surface area contributed by atoms with E-state index in [1.807, 2.05) is 6.07 Å². The Hall–Kier alpha value is -2.62. The molecule has 1 aliphatic carbocycles. The highest BCUT2D eigenvalue weighted by atomic mass is 35.5. The maximum atomic E-state index is 12.7. The van der Waals surface area contributed by atoms with Crippen LogP contribution in [0.5, 0.6) is 0 Å². The van der Waals surface area contributed by atoms with Crippen molar-refractivity contribution in [2.45, 2.75) is 44.8 Å². The Morgan fingerprint density at radius 2 is 2.06 bits per heavy atom. The van der Waals surface area contributed by atoms with E-state index >= 15 is 0 Å². The molecule has 4 rings (SSSR count). The van der Waals surface area contributed by atoms with Crippen LogP contribution in [0.3, 0.4) is 0 Å². The number of hydrogen-bond acceptors (Lipinski definition) is 6. The van der Waals surface area contributed by atoms with Gasteiger partial charge in [0.25, 0.3) is 5.56 Å². The van der Waals surface area contributed by atoms with Crippen LogP contribution in [-0.2, 0) is 17.9 Å². The number of hydrogen-bond donors (Lipinski definition) is 4. The molecule has 0 bridgehead atoms. The first-order valence-corrected chi connectivity index (χ1v) is 11.4. The molecule has 1 aliphatic rings. The predicted molar refractivity (Wildman–Crippen MR) is 125 cm³/mol. The number of pyridine rings is 1. The topological polar surface area (TPSA) is 117 Å². The van der Waals surface area contributed by atoms with Gasteiger partial charge in [-0.3, -0.25) is 14.2 Å². The maximum Gasteiger partial charge on any atom is 0.294 e. The van der Waals surface area contributed by atoms with Gasteiger partial charge in [0.05, 0.1) is 11.2 Å². The number of carbonyl (C=O) groups is 1. The van der Waals surface area contributed by atoms with Crippen LogP contribution in [0.2, 0.25) is 10.2 Å². The minimum absolute atomic E-state index is 0.101. The number of anilines is 1. The Kier molecular flexibility index (Phi) is 7.29. The highest BCUT2D eigenvalue weighted by Gasteiger charge is 2.16. The lowest BCUT2D eigenvalue weighted by Crippen LogP contribution is -2.36. The number of nitrogens with zero attached hydrogens (tertiary/aromatic N) is 3. The molecule has 9 nitrogen and oxygen atoms in total. The van der Waals surface area contributed by atoms with Gasteiger partial charge in [-0.05, 0) is 37.4 Å². The zero-order valence-corrected chi connectivity index (χ0v) is 19.0. The highest BCUT2D eigenvalue weighted by Crippen LogP contribution is 2.22. The van der Waals surface area contributed by atoms with Gasteiger partial charge in [0.15, 0.2) is 5.82 Å². The molecule has 170 valence electrons. The summed E-state index contributed by atoms with van der Waals surface area (Å²) in [5, 5.41) is 10.7. The van der Waals surface area contributed by atoms with E-state index in [0.717, 1.165) is 23.9 Å². The summed E-state index contributed by atoms with van der Waals surface area (Å²) >= 11 is 12.2. The number of rotatable bonds is 10. The summed E-state index contributed by atoms with van der Waals surface area (Å²) in [4.78, 5) is 36.5. The third-order valence-corrected chi connectivity index (χ3v) is 6.13. The molecule has 1 saturated carbocycles. The number of fused-ring (bicyclic) bond motifs is 1. The van der Waals surface area contributed by atoms with Crippen molar-refractivity contribution in [3.8, 4) is 0 Å². The first-order chi connectivity index (χ1) is 15.5. The molecule has 0 aliphatic heterocycles. The van der Waals surface area contributed by atoms with Crippen molar-refractivity contribution in [1.82, 2.24) is 30.2 Å². The molecular weight excluding hydrogens is 453 g/mol. The summed E-state index contributed by atoms with van der Waals surface area (Å²) in [6.07, 6.45) is 9.33. The molecular formula is C21H25Cl2N7O2. The Morgan fingerprint density at radius 3 is 2.84 bits per heavy atom. The maximum absolute atomic E-state index is 12.7. The molecule has 0 radical (unpaired) electrons. The van der Waals surface area contributed by atoms with Crippen molar-refractivity contribution < 1.29 is 4.79 Å². The molecule has 0 atom stereocenters. The lowest BCUT2D eigenvalue weighted by molar-refractivity contribution is -0.121. The minimum atomic E-state index is -0.429. The van der Waals surface area contributed by atoms with E-state index in [-0.39, 0.29) is 30.0 Å². The fourth-order valence-electron chi connectivity index (χ4n) is 3.46. The van der Waals surface area contributed by atoms with E-state index in [1.165, 1.54) is 30.0 Å². The van der Waals surface area contributed by atoms with Crippen molar-refractivity contribution in [2.24, 2.45) is 0 Å². The lowest BCUT2D eigenvalue weighted by Gasteiger charge is -2.26. The molecule has 0 spiro atoms. The van der Waals surface area contributed by atoms with Crippen molar-refractivity contribution in [2.75, 3.05) is 18.4 Å². The molecule has 1 amide bonds. The molecule has 4 N–H and O–H groups in total. The van der Waals surface area contributed by atoms with Gasteiger partial charge in [-0.15, -0.1) is 0 Å². The molecule has 32 heavy (non-hydrogen) atoms. The zero-order chi connectivity index (χ0) is 22.5. The van der Waals surface area contributed by atoms with Crippen LogP contribution in [0.25, 0.3) is 11.0 Å². The van der Waals surface area contributed by atoms with E-state index in [4.69, 9.17) is 23.2 Å². The van der Waals surface area contributed by atoms with E-state index in [9.17, 15) is 9.59 Å². The monoisotopic (exact) mass is 477 g/mol. The number of aromatic amines is 1. The first kappa shape index (κ1) is 22.6. The van der Waals surface area contributed by atoms with Gasteiger partial charge in [0, 0.05) is 36.9 Å². The molecule has 11 heteroatoms. The SMILES string of the molecule is O=C(Cn1c(Cl)cnc(NCCCNC2CCC2)c1=O)NCc1cnc2[nH]cc(Cl)c2c1. The number of amides is 1. The summed E-state index contributed by atoms with van der Waals surface area (Å²) in [7, 11) is 0. The Balaban J connectivity index is 1.30.